The first kappa shape index (κ1) is 24.6. The number of benzene rings is 1. The predicted octanol–water partition coefficient (Wildman–Crippen LogP) is 4.79. The summed E-state index contributed by atoms with van der Waals surface area (Å²) in [7, 11) is 0. The number of aromatic nitrogens is 3. The van der Waals surface area contributed by atoms with E-state index in [1.165, 1.54) is 34.4 Å². The van der Waals surface area contributed by atoms with Crippen LogP contribution in [-0.2, 0) is 9.59 Å². The van der Waals surface area contributed by atoms with Crippen LogP contribution in [0, 0.1) is 11.3 Å². The predicted molar refractivity (Wildman–Crippen MR) is 143 cm³/mol. The van der Waals surface area contributed by atoms with Crippen LogP contribution in [0.1, 0.15) is 30.7 Å². The number of hydrogen-bond donors (Lipinski definition) is 2. The molecule has 1 amide bonds. The highest BCUT2D eigenvalue weighted by Gasteiger charge is 2.41. The Morgan fingerprint density at radius 3 is 2.97 bits per heavy atom. The molecule has 1 aliphatic carbocycles. The van der Waals surface area contributed by atoms with Gasteiger partial charge < -0.3 is 11.1 Å². The molecule has 0 spiro atoms. The third kappa shape index (κ3) is 4.81. The Kier molecular flexibility index (Phi) is 7.20. The van der Waals surface area contributed by atoms with Crippen molar-refractivity contribution in [3.63, 3.8) is 0 Å². The second-order valence-corrected chi connectivity index (χ2v) is 11.9. The number of anilines is 2. The molecule has 3 aromatic rings. The van der Waals surface area contributed by atoms with E-state index < -0.39 is 5.92 Å². The van der Waals surface area contributed by atoms with Gasteiger partial charge >= 0.3 is 0 Å². The number of hydrogen-bond acceptors (Lipinski definition) is 11. The minimum absolute atomic E-state index is 0.00412. The third-order valence-electron chi connectivity index (χ3n) is 5.69. The summed E-state index contributed by atoms with van der Waals surface area (Å²) >= 11 is 7.34. The molecule has 36 heavy (non-hydrogen) atoms. The van der Waals surface area contributed by atoms with E-state index in [9.17, 15) is 14.9 Å². The van der Waals surface area contributed by atoms with Gasteiger partial charge in [-0.15, -0.1) is 21.5 Å². The van der Waals surface area contributed by atoms with Crippen molar-refractivity contribution >= 4 is 72.3 Å². The fraction of sp³-hybridized carbons (Fsp3) is 0.217. The van der Waals surface area contributed by atoms with Crippen LogP contribution < -0.4 is 16.0 Å². The van der Waals surface area contributed by atoms with Crippen LogP contribution in [0.5, 0.6) is 0 Å². The highest BCUT2D eigenvalue weighted by Crippen LogP contribution is 2.47. The Morgan fingerprint density at radius 2 is 2.22 bits per heavy atom. The smallest absolute Gasteiger partial charge is 0.236 e. The quantitative estimate of drug-likeness (QED) is 0.383. The molecular formula is C23H18BrN7O2S3. The van der Waals surface area contributed by atoms with E-state index in [0.717, 1.165) is 15.7 Å². The van der Waals surface area contributed by atoms with E-state index >= 15 is 0 Å². The van der Waals surface area contributed by atoms with Gasteiger partial charge in [0.1, 0.15) is 5.82 Å². The lowest BCUT2D eigenvalue weighted by molar-refractivity contribution is -0.116. The van der Waals surface area contributed by atoms with E-state index in [2.05, 4.69) is 42.5 Å². The van der Waals surface area contributed by atoms with Crippen LogP contribution in [0.4, 0.5) is 10.3 Å². The summed E-state index contributed by atoms with van der Waals surface area (Å²) in [6.45, 7) is 0. The van der Waals surface area contributed by atoms with E-state index in [-0.39, 0.29) is 23.3 Å². The summed E-state index contributed by atoms with van der Waals surface area (Å²) < 4.78 is 1.43. The van der Waals surface area contributed by atoms with Crippen molar-refractivity contribution in [3.05, 3.63) is 68.5 Å². The van der Waals surface area contributed by atoms with Crippen LogP contribution >= 0.6 is 50.4 Å². The zero-order chi connectivity index (χ0) is 25.2. The maximum absolute atomic E-state index is 13.2. The van der Waals surface area contributed by atoms with Crippen molar-refractivity contribution in [2.45, 2.75) is 29.5 Å². The number of carbonyl (C=O) groups is 2. The highest BCUT2D eigenvalue weighted by atomic mass is 79.9. The lowest BCUT2D eigenvalue weighted by atomic mass is 9.76. The van der Waals surface area contributed by atoms with Crippen LogP contribution in [0.15, 0.2) is 67.3 Å². The van der Waals surface area contributed by atoms with Crippen molar-refractivity contribution < 1.29 is 9.59 Å². The molecule has 0 saturated heterocycles. The molecule has 13 heteroatoms. The molecule has 3 N–H and O–H groups in total. The molecule has 1 unspecified atom stereocenters. The lowest BCUT2D eigenvalue weighted by Crippen LogP contribution is -2.38. The monoisotopic (exact) mass is 599 g/mol. The molecule has 1 aliphatic heterocycles. The first-order valence-corrected chi connectivity index (χ1v) is 14.3. The average molecular weight is 601 g/mol. The number of nitrogens with zero attached hydrogens (tertiary/aromatic N) is 5. The molecule has 0 saturated carbocycles. The first-order chi connectivity index (χ1) is 17.5. The number of thiazole rings is 1. The van der Waals surface area contributed by atoms with Gasteiger partial charge in [0, 0.05) is 33.7 Å². The van der Waals surface area contributed by atoms with Crippen molar-refractivity contribution in [2.75, 3.05) is 16.0 Å². The fourth-order valence-electron chi connectivity index (χ4n) is 4.24. The van der Waals surface area contributed by atoms with Crippen LogP contribution in [0.25, 0.3) is 0 Å². The van der Waals surface area contributed by atoms with Crippen molar-refractivity contribution in [1.82, 2.24) is 15.2 Å². The Bertz CT molecular complexity index is 1440. The number of carbonyl (C=O) groups excluding carboxylic acids is 2. The zero-order valence-corrected chi connectivity index (χ0v) is 22.6. The maximum atomic E-state index is 13.2. The second-order valence-electron chi connectivity index (χ2n) is 7.90. The minimum atomic E-state index is -0.539. The number of amides is 1. The number of halogens is 1. The molecule has 1 aromatic carbocycles. The van der Waals surface area contributed by atoms with Gasteiger partial charge in [-0.25, -0.2) is 4.98 Å². The Morgan fingerprint density at radius 1 is 1.36 bits per heavy atom. The summed E-state index contributed by atoms with van der Waals surface area (Å²) in [4.78, 5) is 31.1. The second kappa shape index (κ2) is 10.5. The fourth-order valence-corrected chi connectivity index (χ4v) is 6.89. The number of Topliss-reactive ketones (excluding diaryl/α,β-unsaturated/α-hetero) is 1. The van der Waals surface area contributed by atoms with Gasteiger partial charge in [0.25, 0.3) is 0 Å². The topological polar surface area (TPSA) is 138 Å². The molecule has 9 nitrogen and oxygen atoms in total. The molecule has 0 radical (unpaired) electrons. The number of allylic oxidation sites excluding steroid dienone is 3. The standard InChI is InChI=1S/C23H18BrN7O2S3/c24-13-4-1-3-12(9-13)18-14(10-25)20(26)31(15-5-2-6-16(32)19(15)18)22-29-30-23(36-22)35-11-17(33)28-21-27-7-8-34-21/h1,3-4,7-9,18H,2,5-6,11,26H2,(H,27,28,33). The van der Waals surface area contributed by atoms with Gasteiger partial charge in [0.15, 0.2) is 15.3 Å². The molecule has 2 aliphatic rings. The van der Waals surface area contributed by atoms with Crippen molar-refractivity contribution in [1.29, 1.82) is 5.26 Å². The van der Waals surface area contributed by atoms with Crippen molar-refractivity contribution in [2.24, 2.45) is 5.73 Å². The summed E-state index contributed by atoms with van der Waals surface area (Å²) in [5.74, 6) is -0.353. The molecule has 0 bridgehead atoms. The lowest BCUT2D eigenvalue weighted by Gasteiger charge is -2.38. The number of thioether (sulfide) groups is 1. The Labute approximate surface area is 227 Å². The third-order valence-corrected chi connectivity index (χ3v) is 8.91. The zero-order valence-electron chi connectivity index (χ0n) is 18.6. The summed E-state index contributed by atoms with van der Waals surface area (Å²) in [6, 6.07) is 9.83. The minimum Gasteiger partial charge on any atom is -0.384 e. The van der Waals surface area contributed by atoms with Gasteiger partial charge in [-0.3, -0.25) is 14.5 Å². The van der Waals surface area contributed by atoms with E-state index in [1.807, 2.05) is 24.3 Å². The number of ketones is 1. The molecule has 2 aromatic heterocycles. The largest absolute Gasteiger partial charge is 0.384 e. The van der Waals surface area contributed by atoms with Gasteiger partial charge in [-0.1, -0.05) is 51.2 Å². The number of nitrogens with one attached hydrogen (secondary N) is 1. The van der Waals surface area contributed by atoms with E-state index in [0.29, 0.717) is 45.0 Å². The van der Waals surface area contributed by atoms with Gasteiger partial charge in [-0.2, -0.15) is 5.26 Å². The molecule has 182 valence electrons. The van der Waals surface area contributed by atoms with Crippen LogP contribution in [-0.4, -0.2) is 32.6 Å². The molecule has 1 atom stereocenters. The summed E-state index contributed by atoms with van der Waals surface area (Å²) in [5, 5.41) is 24.1. The maximum Gasteiger partial charge on any atom is 0.236 e. The van der Waals surface area contributed by atoms with Gasteiger partial charge in [0.2, 0.25) is 11.0 Å². The SMILES string of the molecule is N#CC1=C(N)N(c2nnc(SCC(=O)Nc3nccs3)s2)C2=C(C(=O)CCC2)C1c1cccc(Br)c1. The number of nitriles is 1. The van der Waals surface area contributed by atoms with E-state index in [4.69, 9.17) is 5.73 Å². The molecule has 0 fully saturated rings. The molecule has 3 heterocycles. The Balaban J connectivity index is 1.46. The van der Waals surface area contributed by atoms with E-state index in [1.54, 1.807) is 16.5 Å². The van der Waals surface area contributed by atoms with Crippen LogP contribution in [0.3, 0.4) is 0 Å². The number of nitrogens with two attached hydrogens (primary N) is 1. The first-order valence-electron chi connectivity index (χ1n) is 10.8. The summed E-state index contributed by atoms with van der Waals surface area (Å²) in [5.41, 5.74) is 9.04. The van der Waals surface area contributed by atoms with Gasteiger partial charge in [0.05, 0.1) is 23.3 Å². The number of rotatable bonds is 6. The Hall–Kier alpha value is -3.05. The molecule has 5 rings (SSSR count). The average Bonchev–Trinajstić information content (AvgIpc) is 3.54. The highest BCUT2D eigenvalue weighted by molar-refractivity contribution is 9.10. The molecular weight excluding hydrogens is 582 g/mol. The normalized spacial score (nSPS) is 17.7. The van der Waals surface area contributed by atoms with Crippen LogP contribution in [0.2, 0.25) is 0 Å². The van der Waals surface area contributed by atoms with Crippen molar-refractivity contribution in [3.8, 4) is 6.07 Å². The summed E-state index contributed by atoms with van der Waals surface area (Å²) in [6.07, 6.45) is 3.35. The van der Waals surface area contributed by atoms with Gasteiger partial charge in [-0.05, 0) is 30.5 Å².